The molecule has 0 N–H and O–H groups in total. The molecule has 4 rings (SSSR count). The van der Waals surface area contributed by atoms with Crippen LogP contribution in [0.5, 0.6) is 0 Å². The summed E-state index contributed by atoms with van der Waals surface area (Å²) in [7, 11) is 0. The summed E-state index contributed by atoms with van der Waals surface area (Å²) in [6.07, 6.45) is 1.93. The molecule has 0 unspecified atom stereocenters. The first-order chi connectivity index (χ1) is 15.1. The van der Waals surface area contributed by atoms with Crippen LogP contribution in [0.3, 0.4) is 0 Å². The molecule has 7 heteroatoms. The SMILES string of the molecule is Cl.Fc1ccc(C(CCCN2CCN(c3cccc(Cl)n3)CC2)c2ccc(F)cc2)cc1. The number of pyridine rings is 1. The monoisotopic (exact) mass is 477 g/mol. The number of benzene rings is 2. The second-order valence-electron chi connectivity index (χ2n) is 7.95. The van der Waals surface area contributed by atoms with Gasteiger partial charge in [-0.3, -0.25) is 4.90 Å². The van der Waals surface area contributed by atoms with Gasteiger partial charge in [0.2, 0.25) is 0 Å². The van der Waals surface area contributed by atoms with Crippen LogP contribution >= 0.6 is 24.0 Å². The third kappa shape index (κ3) is 6.41. The highest BCUT2D eigenvalue weighted by molar-refractivity contribution is 6.29. The molecule has 2 aromatic carbocycles. The van der Waals surface area contributed by atoms with E-state index in [1.54, 1.807) is 6.07 Å². The van der Waals surface area contributed by atoms with Crippen LogP contribution in [0.15, 0.2) is 66.7 Å². The van der Waals surface area contributed by atoms with E-state index in [2.05, 4.69) is 14.8 Å². The second kappa shape index (κ2) is 11.6. The third-order valence-corrected chi connectivity index (χ3v) is 6.12. The lowest BCUT2D eigenvalue weighted by atomic mass is 9.87. The lowest BCUT2D eigenvalue weighted by molar-refractivity contribution is 0.251. The van der Waals surface area contributed by atoms with E-state index in [4.69, 9.17) is 11.6 Å². The van der Waals surface area contributed by atoms with Crippen molar-refractivity contribution in [3.05, 3.63) is 94.6 Å². The summed E-state index contributed by atoms with van der Waals surface area (Å²) in [4.78, 5) is 9.14. The van der Waals surface area contributed by atoms with Crippen molar-refractivity contribution in [2.24, 2.45) is 0 Å². The highest BCUT2D eigenvalue weighted by atomic mass is 35.5. The summed E-state index contributed by atoms with van der Waals surface area (Å²) < 4.78 is 26.8. The maximum absolute atomic E-state index is 13.4. The summed E-state index contributed by atoms with van der Waals surface area (Å²) in [5.74, 6) is 0.570. The van der Waals surface area contributed by atoms with E-state index >= 15 is 0 Å². The summed E-state index contributed by atoms with van der Waals surface area (Å²) in [6, 6.07) is 19.0. The minimum absolute atomic E-state index is 0. The van der Waals surface area contributed by atoms with Crippen molar-refractivity contribution >= 4 is 29.8 Å². The molecule has 3 nitrogen and oxygen atoms in total. The summed E-state index contributed by atoms with van der Waals surface area (Å²) >= 11 is 6.02. The number of hydrogen-bond acceptors (Lipinski definition) is 3. The third-order valence-electron chi connectivity index (χ3n) is 5.91. The Bertz CT molecular complexity index is 930. The largest absolute Gasteiger partial charge is 0.354 e. The van der Waals surface area contributed by atoms with Gasteiger partial charge in [-0.1, -0.05) is 41.9 Å². The topological polar surface area (TPSA) is 19.4 Å². The van der Waals surface area contributed by atoms with Gasteiger partial charge >= 0.3 is 0 Å². The first-order valence-corrected chi connectivity index (χ1v) is 11.1. The molecule has 1 saturated heterocycles. The number of nitrogens with zero attached hydrogens (tertiary/aromatic N) is 3. The van der Waals surface area contributed by atoms with Gasteiger partial charge in [-0.25, -0.2) is 13.8 Å². The van der Waals surface area contributed by atoms with Crippen molar-refractivity contribution < 1.29 is 8.78 Å². The average molecular weight is 478 g/mol. The van der Waals surface area contributed by atoms with Crippen molar-refractivity contribution in [1.29, 1.82) is 0 Å². The Morgan fingerprint density at radius 2 is 1.38 bits per heavy atom. The Morgan fingerprint density at radius 3 is 1.91 bits per heavy atom. The van der Waals surface area contributed by atoms with Gasteiger partial charge in [-0.15, -0.1) is 12.4 Å². The molecule has 1 fully saturated rings. The lowest BCUT2D eigenvalue weighted by Crippen LogP contribution is -2.47. The van der Waals surface area contributed by atoms with Gasteiger partial charge in [0.25, 0.3) is 0 Å². The van der Waals surface area contributed by atoms with Crippen LogP contribution in [0.2, 0.25) is 5.15 Å². The van der Waals surface area contributed by atoms with Crippen molar-refractivity contribution in [1.82, 2.24) is 9.88 Å². The van der Waals surface area contributed by atoms with Crippen molar-refractivity contribution in [3.8, 4) is 0 Å². The summed E-state index contributed by atoms with van der Waals surface area (Å²) in [6.45, 7) is 4.80. The normalized spacial score (nSPS) is 14.4. The Balaban J connectivity index is 0.00000289. The minimum atomic E-state index is -0.242. The molecule has 1 aromatic heterocycles. The number of rotatable bonds is 7. The van der Waals surface area contributed by atoms with Crippen LogP contribution in [0.1, 0.15) is 29.9 Å². The van der Waals surface area contributed by atoms with Gasteiger partial charge in [0, 0.05) is 32.1 Å². The van der Waals surface area contributed by atoms with E-state index in [9.17, 15) is 8.78 Å². The summed E-state index contributed by atoms with van der Waals surface area (Å²) in [5, 5.41) is 0.521. The Kier molecular flexibility index (Phi) is 8.85. The van der Waals surface area contributed by atoms with Crippen molar-refractivity contribution in [2.45, 2.75) is 18.8 Å². The van der Waals surface area contributed by atoms with Crippen LogP contribution in [0.25, 0.3) is 0 Å². The molecule has 0 amide bonds. The van der Waals surface area contributed by atoms with E-state index in [1.165, 1.54) is 24.3 Å². The molecule has 0 atom stereocenters. The van der Waals surface area contributed by atoms with Crippen LogP contribution in [0, 0.1) is 11.6 Å². The number of aromatic nitrogens is 1. The van der Waals surface area contributed by atoms with Crippen LogP contribution in [-0.4, -0.2) is 42.6 Å². The van der Waals surface area contributed by atoms with E-state index in [-0.39, 0.29) is 30.0 Å². The van der Waals surface area contributed by atoms with Crippen LogP contribution < -0.4 is 4.90 Å². The van der Waals surface area contributed by atoms with Gasteiger partial charge in [0.05, 0.1) is 0 Å². The maximum Gasteiger partial charge on any atom is 0.131 e. The highest BCUT2D eigenvalue weighted by Gasteiger charge is 2.19. The molecular weight excluding hydrogens is 451 g/mol. The molecular formula is C25H27Cl2F2N3. The lowest BCUT2D eigenvalue weighted by Gasteiger charge is -2.35. The fourth-order valence-electron chi connectivity index (χ4n) is 4.21. The van der Waals surface area contributed by atoms with E-state index < -0.39 is 0 Å². The quantitative estimate of drug-likeness (QED) is 0.379. The zero-order valence-corrected chi connectivity index (χ0v) is 19.3. The number of halogens is 4. The minimum Gasteiger partial charge on any atom is -0.354 e. The Labute approximate surface area is 199 Å². The zero-order valence-electron chi connectivity index (χ0n) is 17.8. The molecule has 170 valence electrons. The van der Waals surface area contributed by atoms with E-state index in [0.29, 0.717) is 5.15 Å². The van der Waals surface area contributed by atoms with Gasteiger partial charge < -0.3 is 4.90 Å². The first-order valence-electron chi connectivity index (χ1n) is 10.7. The number of hydrogen-bond donors (Lipinski definition) is 0. The zero-order chi connectivity index (χ0) is 21.6. The molecule has 0 spiro atoms. The van der Waals surface area contributed by atoms with Gasteiger partial charge in [0.1, 0.15) is 22.6 Å². The van der Waals surface area contributed by atoms with Crippen LogP contribution in [0.4, 0.5) is 14.6 Å². The highest BCUT2D eigenvalue weighted by Crippen LogP contribution is 2.30. The van der Waals surface area contributed by atoms with Gasteiger partial charge in [-0.2, -0.15) is 0 Å². The predicted molar refractivity (Wildman–Crippen MR) is 129 cm³/mol. The summed E-state index contributed by atoms with van der Waals surface area (Å²) in [5.41, 5.74) is 2.12. The molecule has 3 aromatic rings. The average Bonchev–Trinajstić information content (AvgIpc) is 2.79. The Hall–Kier alpha value is -2.21. The first kappa shape index (κ1) is 24.4. The Morgan fingerprint density at radius 1 is 0.812 bits per heavy atom. The molecule has 1 aliphatic heterocycles. The molecule has 0 bridgehead atoms. The van der Waals surface area contributed by atoms with Gasteiger partial charge in [0.15, 0.2) is 0 Å². The molecule has 2 heterocycles. The maximum atomic E-state index is 13.4. The molecule has 0 radical (unpaired) electrons. The molecule has 0 saturated carbocycles. The van der Waals surface area contributed by atoms with E-state index in [0.717, 1.165) is 62.5 Å². The van der Waals surface area contributed by atoms with Crippen LogP contribution in [-0.2, 0) is 0 Å². The molecule has 0 aliphatic carbocycles. The number of anilines is 1. The van der Waals surface area contributed by atoms with Crippen molar-refractivity contribution in [3.63, 3.8) is 0 Å². The van der Waals surface area contributed by atoms with Gasteiger partial charge in [-0.05, 0) is 66.9 Å². The molecule has 1 aliphatic rings. The standard InChI is InChI=1S/C25H26ClF2N3.ClH/c26-24-4-1-5-25(29-24)31-17-15-30(16-18-31)14-2-3-23(19-6-10-21(27)11-7-19)20-8-12-22(28)13-9-20;/h1,4-13,23H,2-3,14-18H2;1H. The van der Waals surface area contributed by atoms with E-state index in [1.807, 2.05) is 36.4 Å². The predicted octanol–water partition coefficient (Wildman–Crippen LogP) is 6.17. The van der Waals surface area contributed by atoms with Crippen molar-refractivity contribution in [2.75, 3.05) is 37.6 Å². The second-order valence-corrected chi connectivity index (χ2v) is 8.33. The smallest absolute Gasteiger partial charge is 0.131 e. The fourth-order valence-corrected chi connectivity index (χ4v) is 4.37. The number of piperazine rings is 1. The fraction of sp³-hybridized carbons (Fsp3) is 0.320. The molecule has 32 heavy (non-hydrogen) atoms.